The molecule has 0 spiro atoms. The van der Waals surface area contributed by atoms with Gasteiger partial charge in [0.1, 0.15) is 0 Å². The number of hydrogen-bond donors (Lipinski definition) is 1. The van der Waals surface area contributed by atoms with Crippen molar-refractivity contribution in [1.82, 2.24) is 15.1 Å². The molecule has 0 aliphatic rings. The molecule has 19 heavy (non-hydrogen) atoms. The van der Waals surface area contributed by atoms with Crippen molar-refractivity contribution in [2.75, 3.05) is 11.9 Å². The van der Waals surface area contributed by atoms with Crippen molar-refractivity contribution in [2.24, 2.45) is 0 Å². The molecular formula is C13H14N4OS. The van der Waals surface area contributed by atoms with Gasteiger partial charge >= 0.3 is 0 Å². The monoisotopic (exact) mass is 274 g/mol. The Bertz CT molecular complexity index is 704. The molecule has 2 heterocycles. The zero-order valence-corrected chi connectivity index (χ0v) is 11.6. The topological polar surface area (TPSA) is 63.8 Å². The molecule has 6 heteroatoms. The van der Waals surface area contributed by atoms with Crippen LogP contribution in [0, 0.1) is 13.8 Å². The summed E-state index contributed by atoms with van der Waals surface area (Å²) in [7, 11) is 0. The van der Waals surface area contributed by atoms with Crippen LogP contribution in [0.4, 0.5) is 5.13 Å². The maximum Gasteiger partial charge on any atom is 0.223 e. The fraction of sp³-hybridized carbons (Fsp3) is 0.308. The molecule has 0 bridgehead atoms. The number of nitrogens with zero attached hydrogens (tertiary/aromatic N) is 3. The first-order valence-corrected chi connectivity index (χ1v) is 6.92. The molecule has 0 saturated heterocycles. The third-order valence-corrected chi connectivity index (χ3v) is 3.73. The minimum Gasteiger partial charge on any atom is -0.361 e. The van der Waals surface area contributed by atoms with Crippen molar-refractivity contribution >= 4 is 26.7 Å². The molecule has 0 atom stereocenters. The van der Waals surface area contributed by atoms with E-state index in [1.54, 1.807) is 18.3 Å². The normalized spacial score (nSPS) is 11.1. The van der Waals surface area contributed by atoms with E-state index in [0.717, 1.165) is 29.4 Å². The SMILES string of the molecule is Cc1ccc2sc(NCCc3noc(C)n3)nc2c1. The molecule has 1 aromatic carbocycles. The summed E-state index contributed by atoms with van der Waals surface area (Å²) in [5.41, 5.74) is 2.27. The Kier molecular flexibility index (Phi) is 3.16. The van der Waals surface area contributed by atoms with Crippen LogP contribution in [0.15, 0.2) is 22.7 Å². The van der Waals surface area contributed by atoms with E-state index < -0.39 is 0 Å². The van der Waals surface area contributed by atoms with Crippen LogP contribution in [-0.4, -0.2) is 21.7 Å². The Labute approximate surface area is 114 Å². The van der Waals surface area contributed by atoms with Crippen LogP contribution in [-0.2, 0) is 6.42 Å². The lowest BCUT2D eigenvalue weighted by Crippen LogP contribution is -2.05. The smallest absolute Gasteiger partial charge is 0.223 e. The number of hydrogen-bond acceptors (Lipinski definition) is 6. The molecule has 0 radical (unpaired) electrons. The molecule has 98 valence electrons. The average molecular weight is 274 g/mol. The lowest BCUT2D eigenvalue weighted by atomic mass is 10.2. The van der Waals surface area contributed by atoms with Crippen LogP contribution in [0.5, 0.6) is 0 Å². The van der Waals surface area contributed by atoms with Gasteiger partial charge < -0.3 is 9.84 Å². The van der Waals surface area contributed by atoms with Crippen molar-refractivity contribution in [1.29, 1.82) is 0 Å². The van der Waals surface area contributed by atoms with Gasteiger partial charge in [-0.3, -0.25) is 0 Å². The van der Waals surface area contributed by atoms with Gasteiger partial charge in [-0.2, -0.15) is 4.98 Å². The number of aromatic nitrogens is 3. The minimum atomic E-state index is 0.602. The zero-order valence-electron chi connectivity index (χ0n) is 10.8. The molecule has 0 aliphatic carbocycles. The molecule has 3 aromatic rings. The first-order valence-electron chi connectivity index (χ1n) is 6.11. The number of fused-ring (bicyclic) bond motifs is 1. The van der Waals surface area contributed by atoms with Gasteiger partial charge in [-0.15, -0.1) is 0 Å². The second kappa shape index (κ2) is 4.97. The Hall–Kier alpha value is -1.95. The number of thiazole rings is 1. The molecule has 0 aliphatic heterocycles. The Morgan fingerprint density at radius 2 is 2.16 bits per heavy atom. The van der Waals surface area contributed by atoms with Gasteiger partial charge in [-0.05, 0) is 24.6 Å². The lowest BCUT2D eigenvalue weighted by molar-refractivity contribution is 0.387. The molecule has 0 amide bonds. The summed E-state index contributed by atoms with van der Waals surface area (Å²) in [5.74, 6) is 1.33. The second-order valence-corrected chi connectivity index (χ2v) is 5.43. The van der Waals surface area contributed by atoms with E-state index in [2.05, 4.69) is 45.6 Å². The predicted molar refractivity (Wildman–Crippen MR) is 75.6 cm³/mol. The number of anilines is 1. The van der Waals surface area contributed by atoms with Crippen molar-refractivity contribution < 1.29 is 4.52 Å². The molecule has 2 aromatic heterocycles. The molecular weight excluding hydrogens is 260 g/mol. The maximum absolute atomic E-state index is 4.93. The summed E-state index contributed by atoms with van der Waals surface area (Å²) >= 11 is 1.66. The van der Waals surface area contributed by atoms with E-state index >= 15 is 0 Å². The summed E-state index contributed by atoms with van der Waals surface area (Å²) < 4.78 is 6.12. The van der Waals surface area contributed by atoms with Gasteiger partial charge in [-0.25, -0.2) is 4.98 Å². The Morgan fingerprint density at radius 1 is 1.26 bits per heavy atom. The van der Waals surface area contributed by atoms with Crippen LogP contribution in [0.1, 0.15) is 17.3 Å². The average Bonchev–Trinajstić information content (AvgIpc) is 2.95. The second-order valence-electron chi connectivity index (χ2n) is 4.40. The molecule has 0 unspecified atom stereocenters. The summed E-state index contributed by atoms with van der Waals surface area (Å²) in [6.07, 6.45) is 0.728. The van der Waals surface area contributed by atoms with Crippen LogP contribution in [0.3, 0.4) is 0 Å². The molecule has 3 rings (SSSR count). The van der Waals surface area contributed by atoms with E-state index in [-0.39, 0.29) is 0 Å². The van der Waals surface area contributed by atoms with E-state index in [0.29, 0.717) is 5.89 Å². The third kappa shape index (κ3) is 2.73. The lowest BCUT2D eigenvalue weighted by Gasteiger charge is -1.97. The van der Waals surface area contributed by atoms with Gasteiger partial charge in [0.2, 0.25) is 5.89 Å². The van der Waals surface area contributed by atoms with Crippen molar-refractivity contribution in [3.05, 3.63) is 35.5 Å². The van der Waals surface area contributed by atoms with Gasteiger partial charge in [0.15, 0.2) is 11.0 Å². The van der Waals surface area contributed by atoms with Gasteiger partial charge in [0, 0.05) is 19.9 Å². The highest BCUT2D eigenvalue weighted by molar-refractivity contribution is 7.22. The van der Waals surface area contributed by atoms with Crippen molar-refractivity contribution in [3.63, 3.8) is 0 Å². The third-order valence-electron chi connectivity index (χ3n) is 2.74. The highest BCUT2D eigenvalue weighted by atomic mass is 32.1. The minimum absolute atomic E-state index is 0.602. The van der Waals surface area contributed by atoms with Crippen LogP contribution in [0.25, 0.3) is 10.2 Å². The molecule has 0 fully saturated rings. The van der Waals surface area contributed by atoms with Gasteiger partial charge in [0.05, 0.1) is 10.2 Å². The molecule has 0 saturated carbocycles. The van der Waals surface area contributed by atoms with Gasteiger partial charge in [-0.1, -0.05) is 22.6 Å². The maximum atomic E-state index is 4.93. The zero-order chi connectivity index (χ0) is 13.2. The van der Waals surface area contributed by atoms with E-state index in [9.17, 15) is 0 Å². The standard InChI is InChI=1S/C13H14N4OS/c1-8-3-4-11-10(7-8)16-13(19-11)14-6-5-12-15-9(2)18-17-12/h3-4,7H,5-6H2,1-2H3,(H,14,16). The van der Waals surface area contributed by atoms with E-state index in [1.165, 1.54) is 10.3 Å². The summed E-state index contributed by atoms with van der Waals surface area (Å²) in [5, 5.41) is 8.09. The predicted octanol–water partition coefficient (Wildman–Crippen LogP) is 2.95. The molecule has 5 nitrogen and oxygen atoms in total. The van der Waals surface area contributed by atoms with E-state index in [1.807, 2.05) is 0 Å². The largest absolute Gasteiger partial charge is 0.361 e. The first-order chi connectivity index (χ1) is 9.20. The summed E-state index contributed by atoms with van der Waals surface area (Å²) in [6, 6.07) is 6.31. The van der Waals surface area contributed by atoms with Crippen LogP contribution < -0.4 is 5.32 Å². The fourth-order valence-corrected chi connectivity index (χ4v) is 2.71. The van der Waals surface area contributed by atoms with Crippen molar-refractivity contribution in [2.45, 2.75) is 20.3 Å². The fourth-order valence-electron chi connectivity index (χ4n) is 1.84. The van der Waals surface area contributed by atoms with Crippen molar-refractivity contribution in [3.8, 4) is 0 Å². The van der Waals surface area contributed by atoms with Gasteiger partial charge in [0.25, 0.3) is 0 Å². The quantitative estimate of drug-likeness (QED) is 0.792. The summed E-state index contributed by atoms with van der Waals surface area (Å²) in [4.78, 5) is 8.71. The number of benzene rings is 1. The number of rotatable bonds is 4. The first kappa shape index (κ1) is 12.1. The highest BCUT2D eigenvalue weighted by Crippen LogP contribution is 2.26. The van der Waals surface area contributed by atoms with Crippen LogP contribution in [0.2, 0.25) is 0 Å². The highest BCUT2D eigenvalue weighted by Gasteiger charge is 2.05. The number of nitrogens with one attached hydrogen (secondary N) is 1. The summed E-state index contributed by atoms with van der Waals surface area (Å²) in [6.45, 7) is 4.61. The Balaban J connectivity index is 1.65. The number of aryl methyl sites for hydroxylation is 2. The van der Waals surface area contributed by atoms with E-state index in [4.69, 9.17) is 4.52 Å². The van der Waals surface area contributed by atoms with Crippen LogP contribution >= 0.6 is 11.3 Å². The molecule has 1 N–H and O–H groups in total. The Morgan fingerprint density at radius 3 is 2.95 bits per heavy atom.